The normalized spacial score (nSPS) is 14.2. The molecule has 22 heavy (non-hydrogen) atoms. The molecular formula is C18H39NO3. The van der Waals surface area contributed by atoms with Gasteiger partial charge in [0, 0.05) is 6.61 Å². The Hall–Kier alpha value is -0.160. The number of hydrogen-bond donors (Lipinski definition) is 4. The highest BCUT2D eigenvalue weighted by Gasteiger charge is 2.12. The molecule has 0 aliphatic carbocycles. The highest BCUT2D eigenvalue weighted by molar-refractivity contribution is 4.70. The van der Waals surface area contributed by atoms with E-state index in [2.05, 4.69) is 0 Å². The average Bonchev–Trinajstić information content (AvgIpc) is 2.54. The first-order valence-electron chi connectivity index (χ1n) is 9.37. The minimum absolute atomic E-state index is 0.136. The molecule has 0 unspecified atom stereocenters. The third kappa shape index (κ3) is 14.8. The van der Waals surface area contributed by atoms with Crippen molar-refractivity contribution in [1.29, 1.82) is 0 Å². The zero-order valence-corrected chi connectivity index (χ0v) is 14.4. The summed E-state index contributed by atoms with van der Waals surface area (Å²) in [5, 5.41) is 27.1. The van der Waals surface area contributed by atoms with Gasteiger partial charge in [-0.3, -0.25) is 0 Å². The molecule has 4 heteroatoms. The molecule has 0 aromatic heterocycles. The van der Waals surface area contributed by atoms with Crippen molar-refractivity contribution in [2.24, 2.45) is 5.73 Å². The lowest BCUT2D eigenvalue weighted by Gasteiger charge is -2.15. The first-order valence-corrected chi connectivity index (χ1v) is 9.37. The van der Waals surface area contributed by atoms with Gasteiger partial charge in [0.25, 0.3) is 0 Å². The van der Waals surface area contributed by atoms with E-state index < -0.39 is 12.1 Å². The van der Waals surface area contributed by atoms with Gasteiger partial charge in [-0.1, -0.05) is 77.0 Å². The van der Waals surface area contributed by atoms with E-state index in [-0.39, 0.29) is 6.61 Å². The van der Waals surface area contributed by atoms with Crippen molar-refractivity contribution in [2.75, 3.05) is 13.2 Å². The molecule has 0 aliphatic rings. The van der Waals surface area contributed by atoms with E-state index in [4.69, 9.17) is 15.9 Å². The minimum atomic E-state index is -0.553. The van der Waals surface area contributed by atoms with Crippen LogP contribution in [0.3, 0.4) is 0 Å². The lowest BCUT2D eigenvalue weighted by molar-refractivity contribution is 0.0990. The fourth-order valence-electron chi connectivity index (χ4n) is 2.75. The molecule has 0 saturated carbocycles. The summed E-state index contributed by atoms with van der Waals surface area (Å²) in [5.41, 5.74) is 5.56. The third-order valence-electron chi connectivity index (χ3n) is 4.36. The van der Waals surface area contributed by atoms with Gasteiger partial charge in [0.05, 0.1) is 18.8 Å². The summed E-state index contributed by atoms with van der Waals surface area (Å²) in [6.07, 6.45) is 16.3. The number of nitrogens with two attached hydrogens (primary N) is 1. The van der Waals surface area contributed by atoms with Crippen molar-refractivity contribution in [2.45, 2.75) is 102 Å². The summed E-state index contributed by atoms with van der Waals surface area (Å²) in [7, 11) is 0. The van der Waals surface area contributed by atoms with Crippen LogP contribution in [0.4, 0.5) is 0 Å². The predicted molar refractivity (Wildman–Crippen MR) is 92.8 cm³/mol. The largest absolute Gasteiger partial charge is 0.396 e. The Labute approximate surface area is 137 Å². The van der Waals surface area contributed by atoms with Crippen LogP contribution in [0.25, 0.3) is 0 Å². The van der Waals surface area contributed by atoms with Crippen molar-refractivity contribution >= 4 is 0 Å². The molecule has 4 nitrogen and oxygen atoms in total. The Morgan fingerprint density at radius 1 is 0.591 bits per heavy atom. The maximum atomic E-state index is 9.61. The standard InChI is InChI=1S/C18H39NO3/c19-17(16-21)18(22)14-12-10-8-6-4-2-1-3-5-7-9-11-13-15-20/h17-18,20-22H,1-16,19H2/t17-,18+/m1/s1. The van der Waals surface area contributed by atoms with E-state index in [0.29, 0.717) is 13.0 Å². The second-order valence-electron chi connectivity index (χ2n) is 6.52. The van der Waals surface area contributed by atoms with Crippen LogP contribution in [0, 0.1) is 0 Å². The summed E-state index contributed by atoms with van der Waals surface area (Å²) in [5.74, 6) is 0. The SMILES string of the molecule is N[C@H](CO)[C@@H](O)CCCCCCCCCCCCCCCO. The molecule has 0 bridgehead atoms. The van der Waals surface area contributed by atoms with Crippen LogP contribution in [0.5, 0.6) is 0 Å². The molecular weight excluding hydrogens is 278 g/mol. The molecule has 0 radical (unpaired) electrons. The van der Waals surface area contributed by atoms with Gasteiger partial charge in [0.2, 0.25) is 0 Å². The summed E-state index contributed by atoms with van der Waals surface area (Å²) in [4.78, 5) is 0. The van der Waals surface area contributed by atoms with Gasteiger partial charge in [-0.05, 0) is 12.8 Å². The van der Waals surface area contributed by atoms with Crippen molar-refractivity contribution in [3.8, 4) is 0 Å². The first-order chi connectivity index (χ1) is 10.7. The molecule has 0 heterocycles. The molecule has 0 aromatic rings. The van der Waals surface area contributed by atoms with Crippen LogP contribution in [0.2, 0.25) is 0 Å². The van der Waals surface area contributed by atoms with Crippen LogP contribution < -0.4 is 5.73 Å². The monoisotopic (exact) mass is 317 g/mol. The number of aliphatic hydroxyl groups excluding tert-OH is 3. The highest BCUT2D eigenvalue weighted by Crippen LogP contribution is 2.13. The number of rotatable bonds is 17. The van der Waals surface area contributed by atoms with E-state index in [1.54, 1.807) is 0 Å². The van der Waals surface area contributed by atoms with Crippen molar-refractivity contribution in [3.63, 3.8) is 0 Å². The third-order valence-corrected chi connectivity index (χ3v) is 4.36. The Morgan fingerprint density at radius 3 is 1.32 bits per heavy atom. The van der Waals surface area contributed by atoms with Crippen LogP contribution in [-0.2, 0) is 0 Å². The quantitative estimate of drug-likeness (QED) is 0.310. The van der Waals surface area contributed by atoms with Crippen LogP contribution in [0.1, 0.15) is 89.9 Å². The van der Waals surface area contributed by atoms with E-state index in [0.717, 1.165) is 19.3 Å². The van der Waals surface area contributed by atoms with Gasteiger partial charge in [-0.25, -0.2) is 0 Å². The fourth-order valence-corrected chi connectivity index (χ4v) is 2.75. The Morgan fingerprint density at radius 2 is 0.955 bits per heavy atom. The smallest absolute Gasteiger partial charge is 0.0713 e. The summed E-state index contributed by atoms with van der Waals surface area (Å²) in [6, 6.07) is -0.483. The number of aliphatic hydroxyl groups is 3. The van der Waals surface area contributed by atoms with Crippen molar-refractivity contribution in [3.05, 3.63) is 0 Å². The molecule has 5 N–H and O–H groups in total. The molecule has 0 spiro atoms. The number of unbranched alkanes of at least 4 members (excludes halogenated alkanes) is 12. The lowest BCUT2D eigenvalue weighted by Crippen LogP contribution is -2.37. The maximum Gasteiger partial charge on any atom is 0.0713 e. The van der Waals surface area contributed by atoms with Crippen LogP contribution in [0.15, 0.2) is 0 Å². The van der Waals surface area contributed by atoms with Crippen LogP contribution in [-0.4, -0.2) is 40.7 Å². The minimum Gasteiger partial charge on any atom is -0.396 e. The van der Waals surface area contributed by atoms with Gasteiger partial charge in [0.1, 0.15) is 0 Å². The van der Waals surface area contributed by atoms with Crippen molar-refractivity contribution < 1.29 is 15.3 Å². The van der Waals surface area contributed by atoms with E-state index in [1.807, 2.05) is 0 Å². The van der Waals surface area contributed by atoms with E-state index in [9.17, 15) is 5.11 Å². The van der Waals surface area contributed by atoms with Gasteiger partial charge < -0.3 is 21.1 Å². The molecule has 2 atom stereocenters. The molecule has 0 aromatic carbocycles. The molecule has 0 saturated heterocycles. The Balaban J connectivity index is 3.08. The average molecular weight is 318 g/mol. The van der Waals surface area contributed by atoms with Crippen LogP contribution >= 0.6 is 0 Å². The molecule has 0 fully saturated rings. The fraction of sp³-hybridized carbons (Fsp3) is 1.00. The zero-order chi connectivity index (χ0) is 16.5. The maximum absolute atomic E-state index is 9.61. The Kier molecular flexibility index (Phi) is 17.1. The van der Waals surface area contributed by atoms with E-state index in [1.165, 1.54) is 64.2 Å². The van der Waals surface area contributed by atoms with Gasteiger partial charge in [-0.2, -0.15) is 0 Å². The van der Waals surface area contributed by atoms with Gasteiger partial charge >= 0.3 is 0 Å². The molecule has 0 amide bonds. The predicted octanol–water partition coefficient (Wildman–Crippen LogP) is 3.12. The van der Waals surface area contributed by atoms with Gasteiger partial charge in [-0.15, -0.1) is 0 Å². The molecule has 0 rings (SSSR count). The summed E-state index contributed by atoms with van der Waals surface area (Å²) < 4.78 is 0. The van der Waals surface area contributed by atoms with Crippen molar-refractivity contribution in [1.82, 2.24) is 0 Å². The van der Waals surface area contributed by atoms with Gasteiger partial charge in [0.15, 0.2) is 0 Å². The molecule has 134 valence electrons. The van der Waals surface area contributed by atoms with E-state index >= 15 is 0 Å². The zero-order valence-electron chi connectivity index (χ0n) is 14.4. The lowest BCUT2D eigenvalue weighted by atomic mass is 10.0. The Bertz CT molecular complexity index is 215. The second kappa shape index (κ2) is 17.2. The number of hydrogen-bond acceptors (Lipinski definition) is 4. The topological polar surface area (TPSA) is 86.7 Å². The summed E-state index contributed by atoms with van der Waals surface area (Å²) in [6.45, 7) is 0.204. The molecule has 0 aliphatic heterocycles. The highest BCUT2D eigenvalue weighted by atomic mass is 16.3. The second-order valence-corrected chi connectivity index (χ2v) is 6.52. The summed E-state index contributed by atoms with van der Waals surface area (Å²) >= 11 is 0. The first kappa shape index (κ1) is 21.8.